The molecule has 0 fully saturated rings. The van der Waals surface area contributed by atoms with Crippen molar-refractivity contribution in [3.05, 3.63) is 17.8 Å². The Morgan fingerprint density at radius 1 is 1.50 bits per heavy atom. The lowest BCUT2D eigenvalue weighted by molar-refractivity contribution is 0.0947. The van der Waals surface area contributed by atoms with Gasteiger partial charge in [-0.3, -0.25) is 4.79 Å². The van der Waals surface area contributed by atoms with Gasteiger partial charge in [0.2, 0.25) is 5.89 Å². The zero-order valence-electron chi connectivity index (χ0n) is 11.4. The van der Waals surface area contributed by atoms with Gasteiger partial charge in [0.05, 0.1) is 6.04 Å². The highest BCUT2D eigenvalue weighted by atomic mass is 16.3. The van der Waals surface area contributed by atoms with Gasteiger partial charge in [-0.2, -0.15) is 0 Å². The first-order valence-electron chi connectivity index (χ1n) is 6.53. The number of hydrogen-bond acceptors (Lipinski definition) is 4. The number of carbonyl (C=O) groups is 1. The Kier molecular flexibility index (Phi) is 5.85. The van der Waals surface area contributed by atoms with Crippen molar-refractivity contribution in [1.29, 1.82) is 0 Å². The first-order chi connectivity index (χ1) is 8.54. The third-order valence-electron chi connectivity index (χ3n) is 2.68. The maximum atomic E-state index is 11.7. The van der Waals surface area contributed by atoms with E-state index in [9.17, 15) is 4.79 Å². The van der Waals surface area contributed by atoms with Crippen LogP contribution in [0.1, 0.15) is 62.5 Å². The predicted molar refractivity (Wildman–Crippen MR) is 70.1 cm³/mol. The number of rotatable bonds is 7. The maximum absolute atomic E-state index is 11.7. The summed E-state index contributed by atoms with van der Waals surface area (Å²) in [4.78, 5) is 15.9. The number of hydrogen-bond donors (Lipinski definition) is 2. The lowest BCUT2D eigenvalue weighted by atomic mass is 10.1. The molecule has 1 aromatic heterocycles. The van der Waals surface area contributed by atoms with E-state index in [0.717, 1.165) is 19.3 Å². The van der Waals surface area contributed by atoms with Gasteiger partial charge in [-0.15, -0.1) is 0 Å². The van der Waals surface area contributed by atoms with Gasteiger partial charge in [0.25, 0.3) is 5.91 Å². The monoisotopic (exact) mass is 253 g/mol. The van der Waals surface area contributed by atoms with Gasteiger partial charge in [0.1, 0.15) is 6.26 Å². The molecule has 102 valence electrons. The maximum Gasteiger partial charge on any atom is 0.273 e. The Morgan fingerprint density at radius 2 is 2.22 bits per heavy atom. The van der Waals surface area contributed by atoms with Gasteiger partial charge < -0.3 is 15.5 Å². The summed E-state index contributed by atoms with van der Waals surface area (Å²) in [5, 5.41) is 2.81. The van der Waals surface area contributed by atoms with Crippen LogP contribution in [0.5, 0.6) is 0 Å². The second-order valence-corrected chi connectivity index (χ2v) is 4.90. The highest BCUT2D eigenvalue weighted by Gasteiger charge is 2.16. The third-order valence-corrected chi connectivity index (χ3v) is 2.68. The molecule has 5 heteroatoms. The van der Waals surface area contributed by atoms with Crippen LogP contribution < -0.4 is 11.1 Å². The molecule has 1 atom stereocenters. The summed E-state index contributed by atoms with van der Waals surface area (Å²) in [5.41, 5.74) is 6.18. The van der Waals surface area contributed by atoms with Crippen molar-refractivity contribution in [2.45, 2.75) is 46.1 Å². The number of aromatic nitrogens is 1. The molecule has 5 nitrogen and oxygen atoms in total. The minimum Gasteiger partial charge on any atom is -0.446 e. The Hall–Kier alpha value is -1.36. The van der Waals surface area contributed by atoms with E-state index >= 15 is 0 Å². The second kappa shape index (κ2) is 7.16. The lowest BCUT2D eigenvalue weighted by Gasteiger charge is -2.05. The van der Waals surface area contributed by atoms with E-state index in [0.29, 0.717) is 24.0 Å². The molecule has 1 aromatic rings. The molecule has 0 spiro atoms. The summed E-state index contributed by atoms with van der Waals surface area (Å²) in [6, 6.07) is -0.229. The Labute approximate surface area is 108 Å². The molecule has 0 aliphatic rings. The standard InChI is InChI=1S/C13H23N3O2/c1-4-5-10(14)13-16-11(8-18-13)12(17)15-7-6-9(2)3/h8-10H,4-7,14H2,1-3H3,(H,15,17). The molecule has 0 saturated heterocycles. The second-order valence-electron chi connectivity index (χ2n) is 4.90. The number of nitrogens with one attached hydrogen (secondary N) is 1. The molecule has 3 N–H and O–H groups in total. The van der Waals surface area contributed by atoms with Gasteiger partial charge in [-0.25, -0.2) is 4.98 Å². The van der Waals surface area contributed by atoms with Crippen molar-refractivity contribution in [1.82, 2.24) is 10.3 Å². The Morgan fingerprint density at radius 3 is 2.83 bits per heavy atom. The minimum atomic E-state index is -0.229. The van der Waals surface area contributed by atoms with Gasteiger partial charge in [-0.05, 0) is 18.8 Å². The molecule has 1 rings (SSSR count). The zero-order chi connectivity index (χ0) is 13.5. The molecule has 1 amide bonds. The molecule has 0 aromatic carbocycles. The van der Waals surface area contributed by atoms with Crippen molar-refractivity contribution in [2.24, 2.45) is 11.7 Å². The van der Waals surface area contributed by atoms with E-state index in [-0.39, 0.29) is 11.9 Å². The summed E-state index contributed by atoms with van der Waals surface area (Å²) < 4.78 is 5.23. The van der Waals surface area contributed by atoms with Crippen molar-refractivity contribution < 1.29 is 9.21 Å². The van der Waals surface area contributed by atoms with E-state index in [2.05, 4.69) is 24.1 Å². The lowest BCUT2D eigenvalue weighted by Crippen LogP contribution is -2.25. The van der Waals surface area contributed by atoms with Crippen molar-refractivity contribution in [3.63, 3.8) is 0 Å². The number of amides is 1. The van der Waals surface area contributed by atoms with Crippen molar-refractivity contribution in [3.8, 4) is 0 Å². The van der Waals surface area contributed by atoms with E-state index in [1.54, 1.807) is 0 Å². The first kappa shape index (κ1) is 14.7. The molecule has 0 bridgehead atoms. The van der Waals surface area contributed by atoms with Crippen LogP contribution >= 0.6 is 0 Å². The van der Waals surface area contributed by atoms with Gasteiger partial charge in [0.15, 0.2) is 5.69 Å². The highest BCUT2D eigenvalue weighted by molar-refractivity contribution is 5.91. The first-order valence-corrected chi connectivity index (χ1v) is 6.53. The average molecular weight is 253 g/mol. The molecular formula is C13H23N3O2. The van der Waals surface area contributed by atoms with Gasteiger partial charge in [-0.1, -0.05) is 27.2 Å². The summed E-state index contributed by atoms with van der Waals surface area (Å²) in [7, 11) is 0. The van der Waals surface area contributed by atoms with Gasteiger partial charge in [0, 0.05) is 6.54 Å². The van der Waals surface area contributed by atoms with Crippen LogP contribution in [0.4, 0.5) is 0 Å². The van der Waals surface area contributed by atoms with Crippen LogP contribution in [-0.4, -0.2) is 17.4 Å². The molecule has 1 unspecified atom stereocenters. The average Bonchev–Trinajstić information content (AvgIpc) is 2.78. The smallest absolute Gasteiger partial charge is 0.273 e. The van der Waals surface area contributed by atoms with Crippen molar-refractivity contribution >= 4 is 5.91 Å². The van der Waals surface area contributed by atoms with E-state index < -0.39 is 0 Å². The summed E-state index contributed by atoms with van der Waals surface area (Å²) in [5.74, 6) is 0.802. The summed E-state index contributed by atoms with van der Waals surface area (Å²) in [6.07, 6.45) is 4.08. The molecule has 0 aliphatic carbocycles. The molecule has 0 aliphatic heterocycles. The fourth-order valence-electron chi connectivity index (χ4n) is 1.56. The molecule has 0 saturated carbocycles. The molecular weight excluding hydrogens is 230 g/mol. The van der Waals surface area contributed by atoms with Crippen LogP contribution in [0, 0.1) is 5.92 Å². The Bertz CT molecular complexity index is 374. The zero-order valence-corrected chi connectivity index (χ0v) is 11.4. The largest absolute Gasteiger partial charge is 0.446 e. The van der Waals surface area contributed by atoms with Crippen LogP contribution in [0.3, 0.4) is 0 Å². The molecule has 0 radical (unpaired) electrons. The number of carbonyl (C=O) groups excluding carboxylic acids is 1. The SMILES string of the molecule is CCCC(N)c1nc(C(=O)NCCC(C)C)co1. The Balaban J connectivity index is 2.49. The van der Waals surface area contributed by atoms with Crippen LogP contribution in [0.15, 0.2) is 10.7 Å². The molecule has 1 heterocycles. The van der Waals surface area contributed by atoms with E-state index in [1.165, 1.54) is 6.26 Å². The van der Waals surface area contributed by atoms with E-state index in [1.807, 2.05) is 6.92 Å². The number of oxazole rings is 1. The normalized spacial score (nSPS) is 12.7. The van der Waals surface area contributed by atoms with E-state index in [4.69, 9.17) is 10.2 Å². The predicted octanol–water partition coefficient (Wildman–Crippen LogP) is 2.25. The quantitative estimate of drug-likeness (QED) is 0.781. The number of nitrogens with zero attached hydrogens (tertiary/aromatic N) is 1. The third kappa shape index (κ3) is 4.49. The summed E-state index contributed by atoms with van der Waals surface area (Å²) >= 11 is 0. The minimum absolute atomic E-state index is 0.200. The fraction of sp³-hybridized carbons (Fsp3) is 0.692. The summed E-state index contributed by atoms with van der Waals surface area (Å²) in [6.45, 7) is 6.93. The van der Waals surface area contributed by atoms with Crippen molar-refractivity contribution in [2.75, 3.05) is 6.54 Å². The van der Waals surface area contributed by atoms with Crippen LogP contribution in [0.25, 0.3) is 0 Å². The van der Waals surface area contributed by atoms with Gasteiger partial charge >= 0.3 is 0 Å². The fourth-order valence-corrected chi connectivity index (χ4v) is 1.56. The van der Waals surface area contributed by atoms with Crippen LogP contribution in [-0.2, 0) is 0 Å². The number of nitrogens with two attached hydrogens (primary N) is 1. The highest BCUT2D eigenvalue weighted by Crippen LogP contribution is 2.14. The molecule has 18 heavy (non-hydrogen) atoms. The van der Waals surface area contributed by atoms with Crippen LogP contribution in [0.2, 0.25) is 0 Å². The topological polar surface area (TPSA) is 81.1 Å².